The summed E-state index contributed by atoms with van der Waals surface area (Å²) in [6.07, 6.45) is 0. The Morgan fingerprint density at radius 3 is 2.83 bits per heavy atom. The lowest BCUT2D eigenvalue weighted by molar-refractivity contribution is 0.0951. The Morgan fingerprint density at radius 1 is 1.33 bits per heavy atom. The van der Waals surface area contributed by atoms with Crippen molar-refractivity contribution in [1.82, 2.24) is 10.3 Å². The van der Waals surface area contributed by atoms with E-state index >= 15 is 0 Å². The molecule has 0 unspecified atom stereocenters. The molecule has 2 rings (SSSR count). The number of carbonyl (C=O) groups excluding carboxylic acids is 1. The van der Waals surface area contributed by atoms with Crippen LogP contribution in [-0.2, 0) is 0 Å². The number of hydrogen-bond donors (Lipinski definition) is 1. The summed E-state index contributed by atoms with van der Waals surface area (Å²) in [4.78, 5) is 15.7. The van der Waals surface area contributed by atoms with Crippen molar-refractivity contribution in [3.05, 3.63) is 52.0 Å². The number of carbonyl (C=O) groups is 1. The van der Waals surface area contributed by atoms with Gasteiger partial charge in [0.15, 0.2) is 5.01 Å². The minimum atomic E-state index is -0.151. The Hall–Kier alpha value is -2.12. The molecule has 0 radical (unpaired) electrons. The number of hydrogen-bond acceptors (Lipinski definition) is 3. The van der Waals surface area contributed by atoms with Gasteiger partial charge in [0.2, 0.25) is 0 Å². The van der Waals surface area contributed by atoms with Crippen LogP contribution < -0.4 is 5.32 Å². The second kappa shape index (κ2) is 5.99. The molecule has 4 heteroatoms. The molecule has 1 aromatic heterocycles. The number of rotatable bonds is 2. The predicted octanol–water partition coefficient (Wildman–Crippen LogP) is 2.29. The van der Waals surface area contributed by atoms with E-state index in [-0.39, 0.29) is 5.91 Å². The second-order valence-electron chi connectivity index (χ2n) is 3.51. The second-order valence-corrected chi connectivity index (χ2v) is 4.37. The molecule has 0 bridgehead atoms. The summed E-state index contributed by atoms with van der Waals surface area (Å²) in [5, 5.41) is 5.08. The molecule has 1 heterocycles. The maximum Gasteiger partial charge on any atom is 0.270 e. The number of amides is 1. The molecule has 1 amide bonds. The van der Waals surface area contributed by atoms with Crippen molar-refractivity contribution in [2.24, 2.45) is 0 Å². The van der Waals surface area contributed by atoms with Crippen LogP contribution in [0.4, 0.5) is 0 Å². The van der Waals surface area contributed by atoms with E-state index in [1.807, 2.05) is 37.3 Å². The first kappa shape index (κ1) is 12.3. The van der Waals surface area contributed by atoms with Gasteiger partial charge in [-0.2, -0.15) is 0 Å². The van der Waals surface area contributed by atoms with Gasteiger partial charge in [0, 0.05) is 17.5 Å². The van der Waals surface area contributed by atoms with Crippen LogP contribution in [0.5, 0.6) is 0 Å². The minimum absolute atomic E-state index is 0.151. The quantitative estimate of drug-likeness (QED) is 0.838. The van der Waals surface area contributed by atoms with Gasteiger partial charge >= 0.3 is 0 Å². The highest BCUT2D eigenvalue weighted by molar-refractivity contribution is 7.10. The van der Waals surface area contributed by atoms with Gasteiger partial charge in [-0.15, -0.1) is 11.3 Å². The lowest BCUT2D eigenvalue weighted by Gasteiger charge is -1.95. The molecular formula is C14H12N2OS. The molecule has 0 fully saturated rings. The zero-order chi connectivity index (χ0) is 12.8. The van der Waals surface area contributed by atoms with E-state index in [4.69, 9.17) is 0 Å². The van der Waals surface area contributed by atoms with Crippen LogP contribution in [-0.4, -0.2) is 17.4 Å². The number of nitrogens with zero attached hydrogens (tertiary/aromatic N) is 1. The lowest BCUT2D eigenvalue weighted by Crippen LogP contribution is -2.22. The highest BCUT2D eigenvalue weighted by atomic mass is 32.1. The maximum atomic E-state index is 11.5. The largest absolute Gasteiger partial charge is 0.351 e. The maximum absolute atomic E-state index is 11.5. The molecule has 0 aliphatic carbocycles. The first-order chi connectivity index (χ1) is 8.79. The summed E-state index contributed by atoms with van der Waals surface area (Å²) in [5.74, 6) is 5.82. The molecule has 90 valence electrons. The smallest absolute Gasteiger partial charge is 0.270 e. The van der Waals surface area contributed by atoms with Crippen LogP contribution in [0.3, 0.4) is 0 Å². The van der Waals surface area contributed by atoms with E-state index in [0.29, 0.717) is 17.2 Å². The van der Waals surface area contributed by atoms with Gasteiger partial charge in [-0.3, -0.25) is 4.79 Å². The van der Waals surface area contributed by atoms with E-state index in [1.54, 1.807) is 5.38 Å². The fraction of sp³-hybridized carbons (Fsp3) is 0.143. The Morgan fingerprint density at radius 2 is 2.11 bits per heavy atom. The van der Waals surface area contributed by atoms with Crippen LogP contribution in [0.2, 0.25) is 0 Å². The molecule has 0 saturated heterocycles. The summed E-state index contributed by atoms with van der Waals surface area (Å²) in [7, 11) is 0. The molecule has 0 spiro atoms. The summed E-state index contributed by atoms with van der Waals surface area (Å²) in [5.41, 5.74) is 1.37. The summed E-state index contributed by atoms with van der Waals surface area (Å²) in [6, 6.07) is 9.69. The SMILES string of the molecule is CCNC(=O)c1csc(C#Cc2ccccc2)n1. The zero-order valence-electron chi connectivity index (χ0n) is 9.93. The molecule has 18 heavy (non-hydrogen) atoms. The van der Waals surface area contributed by atoms with E-state index in [0.717, 1.165) is 5.56 Å². The fourth-order valence-electron chi connectivity index (χ4n) is 1.33. The fourth-order valence-corrected chi connectivity index (χ4v) is 1.98. The van der Waals surface area contributed by atoms with Crippen molar-refractivity contribution in [3.8, 4) is 11.8 Å². The Balaban J connectivity index is 2.12. The first-order valence-corrected chi connectivity index (χ1v) is 6.48. The van der Waals surface area contributed by atoms with Crippen molar-refractivity contribution in [1.29, 1.82) is 0 Å². The highest BCUT2D eigenvalue weighted by Crippen LogP contribution is 2.08. The highest BCUT2D eigenvalue weighted by Gasteiger charge is 2.07. The molecule has 2 aromatic rings. The molecule has 0 saturated carbocycles. The summed E-state index contributed by atoms with van der Waals surface area (Å²) in [6.45, 7) is 2.47. The van der Waals surface area contributed by atoms with Gasteiger partial charge < -0.3 is 5.32 Å². The summed E-state index contributed by atoms with van der Waals surface area (Å²) < 4.78 is 0. The Labute approximate surface area is 110 Å². The predicted molar refractivity (Wildman–Crippen MR) is 72.5 cm³/mol. The van der Waals surface area contributed by atoms with E-state index in [2.05, 4.69) is 22.1 Å². The minimum Gasteiger partial charge on any atom is -0.351 e. The van der Waals surface area contributed by atoms with Crippen molar-refractivity contribution in [2.75, 3.05) is 6.54 Å². The van der Waals surface area contributed by atoms with Crippen molar-refractivity contribution in [3.63, 3.8) is 0 Å². The van der Waals surface area contributed by atoms with Crippen molar-refractivity contribution < 1.29 is 4.79 Å². The molecule has 0 aliphatic heterocycles. The molecule has 0 aliphatic rings. The van der Waals surface area contributed by atoms with E-state index < -0.39 is 0 Å². The lowest BCUT2D eigenvalue weighted by atomic mass is 10.2. The van der Waals surface area contributed by atoms with Crippen molar-refractivity contribution >= 4 is 17.2 Å². The zero-order valence-corrected chi connectivity index (χ0v) is 10.8. The van der Waals surface area contributed by atoms with Gasteiger partial charge in [0.1, 0.15) is 5.69 Å². The average Bonchev–Trinajstić information content (AvgIpc) is 2.87. The third-order valence-corrected chi connectivity index (χ3v) is 2.92. The van der Waals surface area contributed by atoms with E-state index in [1.165, 1.54) is 11.3 Å². The first-order valence-electron chi connectivity index (χ1n) is 5.60. The third-order valence-electron chi connectivity index (χ3n) is 2.16. The number of nitrogens with one attached hydrogen (secondary N) is 1. The Bertz CT molecular complexity index is 593. The van der Waals surface area contributed by atoms with Gasteiger partial charge in [-0.05, 0) is 25.0 Å². The van der Waals surface area contributed by atoms with Gasteiger partial charge in [-0.1, -0.05) is 24.1 Å². The van der Waals surface area contributed by atoms with Crippen LogP contribution in [0.25, 0.3) is 0 Å². The van der Waals surface area contributed by atoms with E-state index in [9.17, 15) is 4.79 Å². The molecule has 1 N–H and O–H groups in total. The Kier molecular flexibility index (Phi) is 4.11. The van der Waals surface area contributed by atoms with Crippen LogP contribution in [0.15, 0.2) is 35.7 Å². The van der Waals surface area contributed by atoms with Crippen LogP contribution in [0, 0.1) is 11.8 Å². The van der Waals surface area contributed by atoms with Crippen LogP contribution >= 0.6 is 11.3 Å². The molecule has 3 nitrogen and oxygen atoms in total. The van der Waals surface area contributed by atoms with Crippen LogP contribution in [0.1, 0.15) is 28.0 Å². The summed E-state index contributed by atoms with van der Waals surface area (Å²) >= 11 is 1.38. The molecular weight excluding hydrogens is 244 g/mol. The average molecular weight is 256 g/mol. The van der Waals surface area contributed by atoms with Gasteiger partial charge in [0.25, 0.3) is 5.91 Å². The number of thiazole rings is 1. The monoisotopic (exact) mass is 256 g/mol. The molecule has 0 atom stereocenters. The van der Waals surface area contributed by atoms with Crippen molar-refractivity contribution in [2.45, 2.75) is 6.92 Å². The third kappa shape index (κ3) is 3.19. The topological polar surface area (TPSA) is 42.0 Å². The standard InChI is InChI=1S/C14H12N2OS/c1-2-15-14(17)12-10-18-13(16-12)9-8-11-6-4-3-5-7-11/h3-7,10H,2H2,1H3,(H,15,17). The van der Waals surface area contributed by atoms with Gasteiger partial charge in [-0.25, -0.2) is 4.98 Å². The normalized spacial score (nSPS) is 9.39. The number of benzene rings is 1. The van der Waals surface area contributed by atoms with Gasteiger partial charge in [0.05, 0.1) is 0 Å². The number of aromatic nitrogens is 1. The molecule has 1 aromatic carbocycles.